The van der Waals surface area contributed by atoms with E-state index in [1.54, 1.807) is 6.07 Å². The second kappa shape index (κ2) is 5.71. The molecule has 1 amide bonds. The molecule has 94 valence electrons. The Bertz CT molecular complexity index is 381. The second-order valence-corrected chi connectivity index (χ2v) is 4.69. The van der Waals surface area contributed by atoms with Gasteiger partial charge in [0.05, 0.1) is 5.56 Å². The molecule has 0 aromatic heterocycles. The fourth-order valence-corrected chi connectivity index (χ4v) is 1.78. The molecular formula is C14H22N2O. The van der Waals surface area contributed by atoms with Crippen LogP contribution in [0.2, 0.25) is 0 Å². The van der Waals surface area contributed by atoms with E-state index in [2.05, 4.69) is 19.2 Å². The summed E-state index contributed by atoms with van der Waals surface area (Å²) in [5.41, 5.74) is 7.90. The van der Waals surface area contributed by atoms with E-state index in [0.717, 1.165) is 12.0 Å². The van der Waals surface area contributed by atoms with Crippen LogP contribution in [0.3, 0.4) is 0 Å². The Balaban J connectivity index is 2.84. The molecule has 2 unspecified atom stereocenters. The van der Waals surface area contributed by atoms with Gasteiger partial charge in [0, 0.05) is 11.7 Å². The molecule has 0 aliphatic rings. The predicted octanol–water partition coefficient (Wildman–Crippen LogP) is 2.74. The molecular weight excluding hydrogens is 212 g/mol. The molecule has 0 saturated carbocycles. The molecule has 0 fully saturated rings. The van der Waals surface area contributed by atoms with Crippen LogP contribution in [0.15, 0.2) is 18.2 Å². The van der Waals surface area contributed by atoms with Gasteiger partial charge in [-0.1, -0.05) is 32.4 Å². The van der Waals surface area contributed by atoms with E-state index in [0.29, 0.717) is 17.2 Å². The minimum Gasteiger partial charge on any atom is -0.398 e. The number of hydrogen-bond donors (Lipinski definition) is 2. The lowest BCUT2D eigenvalue weighted by Gasteiger charge is -2.20. The first-order valence-electron chi connectivity index (χ1n) is 6.13. The number of nitrogens with two attached hydrogens (primary N) is 1. The highest BCUT2D eigenvalue weighted by Gasteiger charge is 2.17. The molecule has 0 bridgehead atoms. The molecule has 1 aromatic rings. The number of aryl methyl sites for hydroxylation is 1. The lowest BCUT2D eigenvalue weighted by Crippen LogP contribution is -2.37. The summed E-state index contributed by atoms with van der Waals surface area (Å²) in [6.45, 7) is 8.18. The molecule has 17 heavy (non-hydrogen) atoms. The van der Waals surface area contributed by atoms with Crippen LogP contribution in [0.5, 0.6) is 0 Å². The normalized spacial score (nSPS) is 14.1. The molecule has 1 aromatic carbocycles. The van der Waals surface area contributed by atoms with E-state index >= 15 is 0 Å². The Kier molecular flexibility index (Phi) is 4.55. The first kappa shape index (κ1) is 13.6. The van der Waals surface area contributed by atoms with E-state index in [9.17, 15) is 4.79 Å². The summed E-state index contributed by atoms with van der Waals surface area (Å²) in [6.07, 6.45) is 1.05. The molecule has 0 radical (unpaired) electrons. The molecule has 3 nitrogen and oxygen atoms in total. The van der Waals surface area contributed by atoms with E-state index in [-0.39, 0.29) is 11.9 Å². The number of amides is 1. The van der Waals surface area contributed by atoms with Gasteiger partial charge in [0.1, 0.15) is 0 Å². The summed E-state index contributed by atoms with van der Waals surface area (Å²) in [5, 5.41) is 3.01. The average Bonchev–Trinajstić information content (AvgIpc) is 2.27. The molecule has 0 aliphatic heterocycles. The van der Waals surface area contributed by atoms with Crippen LogP contribution in [0.4, 0.5) is 5.69 Å². The standard InChI is InChI=1S/C14H22N2O/c1-5-9(2)11(4)16-14(17)13-10(3)7-6-8-12(13)15/h6-9,11H,5,15H2,1-4H3,(H,16,17). The van der Waals surface area contributed by atoms with Gasteiger partial charge in [-0.15, -0.1) is 0 Å². The number of carbonyl (C=O) groups excluding carboxylic acids is 1. The third-order valence-corrected chi connectivity index (χ3v) is 3.39. The zero-order valence-electron chi connectivity index (χ0n) is 11.1. The topological polar surface area (TPSA) is 55.1 Å². The number of nitrogens with one attached hydrogen (secondary N) is 1. The fourth-order valence-electron chi connectivity index (χ4n) is 1.78. The molecule has 0 aliphatic carbocycles. The summed E-state index contributed by atoms with van der Waals surface area (Å²) in [6, 6.07) is 5.68. The largest absolute Gasteiger partial charge is 0.398 e. The van der Waals surface area contributed by atoms with Gasteiger partial charge in [0.2, 0.25) is 0 Å². The second-order valence-electron chi connectivity index (χ2n) is 4.69. The monoisotopic (exact) mass is 234 g/mol. The zero-order valence-corrected chi connectivity index (χ0v) is 11.1. The van der Waals surface area contributed by atoms with Gasteiger partial charge in [-0.3, -0.25) is 4.79 Å². The molecule has 2 atom stereocenters. The maximum absolute atomic E-state index is 12.1. The van der Waals surface area contributed by atoms with Crippen molar-refractivity contribution in [1.29, 1.82) is 0 Å². The van der Waals surface area contributed by atoms with Crippen LogP contribution in [0, 0.1) is 12.8 Å². The Hall–Kier alpha value is -1.51. The van der Waals surface area contributed by atoms with Crippen molar-refractivity contribution in [3.05, 3.63) is 29.3 Å². The maximum atomic E-state index is 12.1. The first-order valence-corrected chi connectivity index (χ1v) is 6.13. The van der Waals surface area contributed by atoms with Gasteiger partial charge >= 0.3 is 0 Å². The van der Waals surface area contributed by atoms with E-state index < -0.39 is 0 Å². The number of nitrogen functional groups attached to an aromatic ring is 1. The SMILES string of the molecule is CCC(C)C(C)NC(=O)c1c(C)cccc1N. The Morgan fingerprint density at radius 2 is 2.06 bits per heavy atom. The smallest absolute Gasteiger partial charge is 0.253 e. The van der Waals surface area contributed by atoms with Crippen molar-refractivity contribution in [1.82, 2.24) is 5.32 Å². The van der Waals surface area contributed by atoms with Crippen LogP contribution in [0.25, 0.3) is 0 Å². The third-order valence-electron chi connectivity index (χ3n) is 3.39. The summed E-state index contributed by atoms with van der Waals surface area (Å²) < 4.78 is 0. The quantitative estimate of drug-likeness (QED) is 0.787. The maximum Gasteiger partial charge on any atom is 0.253 e. The minimum atomic E-state index is -0.0756. The van der Waals surface area contributed by atoms with Crippen molar-refractivity contribution in [3.8, 4) is 0 Å². The molecule has 0 spiro atoms. The Labute approximate surface area is 103 Å². The van der Waals surface area contributed by atoms with Crippen molar-refractivity contribution < 1.29 is 4.79 Å². The zero-order chi connectivity index (χ0) is 13.0. The van der Waals surface area contributed by atoms with Crippen molar-refractivity contribution >= 4 is 11.6 Å². The number of hydrogen-bond acceptors (Lipinski definition) is 2. The first-order chi connectivity index (χ1) is 7.97. The van der Waals surface area contributed by atoms with Crippen molar-refractivity contribution in [2.45, 2.75) is 40.2 Å². The third kappa shape index (κ3) is 3.22. The van der Waals surface area contributed by atoms with Crippen LogP contribution >= 0.6 is 0 Å². The Morgan fingerprint density at radius 3 is 2.59 bits per heavy atom. The molecule has 3 N–H and O–H groups in total. The average molecular weight is 234 g/mol. The van der Waals surface area contributed by atoms with Crippen LogP contribution in [-0.2, 0) is 0 Å². The van der Waals surface area contributed by atoms with E-state index in [4.69, 9.17) is 5.73 Å². The number of anilines is 1. The number of rotatable bonds is 4. The Morgan fingerprint density at radius 1 is 1.41 bits per heavy atom. The van der Waals surface area contributed by atoms with Crippen molar-refractivity contribution in [2.75, 3.05) is 5.73 Å². The van der Waals surface area contributed by atoms with Crippen LogP contribution in [0.1, 0.15) is 43.1 Å². The van der Waals surface area contributed by atoms with Crippen LogP contribution in [-0.4, -0.2) is 11.9 Å². The summed E-state index contributed by atoms with van der Waals surface area (Å²) in [7, 11) is 0. The minimum absolute atomic E-state index is 0.0756. The lowest BCUT2D eigenvalue weighted by molar-refractivity contribution is 0.0928. The van der Waals surface area contributed by atoms with Gasteiger partial charge < -0.3 is 11.1 Å². The number of carbonyl (C=O) groups is 1. The van der Waals surface area contributed by atoms with Gasteiger partial charge in [0.25, 0.3) is 5.91 Å². The summed E-state index contributed by atoms with van der Waals surface area (Å²) >= 11 is 0. The van der Waals surface area contributed by atoms with Gasteiger partial charge in [0.15, 0.2) is 0 Å². The lowest BCUT2D eigenvalue weighted by atomic mass is 9.99. The van der Waals surface area contributed by atoms with Crippen molar-refractivity contribution in [3.63, 3.8) is 0 Å². The van der Waals surface area contributed by atoms with Gasteiger partial charge in [-0.25, -0.2) is 0 Å². The highest BCUT2D eigenvalue weighted by Crippen LogP contribution is 2.17. The van der Waals surface area contributed by atoms with E-state index in [1.165, 1.54) is 0 Å². The van der Waals surface area contributed by atoms with Gasteiger partial charge in [-0.05, 0) is 31.4 Å². The highest BCUT2D eigenvalue weighted by atomic mass is 16.1. The van der Waals surface area contributed by atoms with Gasteiger partial charge in [-0.2, -0.15) is 0 Å². The molecule has 0 saturated heterocycles. The molecule has 0 heterocycles. The molecule has 3 heteroatoms. The highest BCUT2D eigenvalue weighted by molar-refractivity contribution is 6.00. The summed E-state index contributed by atoms with van der Waals surface area (Å²) in [4.78, 5) is 12.1. The van der Waals surface area contributed by atoms with Crippen molar-refractivity contribution in [2.24, 2.45) is 5.92 Å². The fraction of sp³-hybridized carbons (Fsp3) is 0.500. The summed E-state index contributed by atoms with van der Waals surface area (Å²) in [5.74, 6) is 0.387. The molecule has 1 rings (SSSR count). The van der Waals surface area contributed by atoms with E-state index in [1.807, 2.05) is 26.0 Å². The number of benzene rings is 1. The predicted molar refractivity (Wildman–Crippen MR) is 72.0 cm³/mol. The van der Waals surface area contributed by atoms with Crippen LogP contribution < -0.4 is 11.1 Å².